The zero-order valence-corrected chi connectivity index (χ0v) is 17.7. The lowest BCUT2D eigenvalue weighted by Gasteiger charge is -2.20. The molecule has 1 N–H and O–H groups in total. The fourth-order valence-electron chi connectivity index (χ4n) is 3.56. The molecule has 30 heavy (non-hydrogen) atoms. The molecule has 1 aliphatic rings. The smallest absolute Gasteiger partial charge is 0.270 e. The summed E-state index contributed by atoms with van der Waals surface area (Å²) in [6.07, 6.45) is 5.15. The summed E-state index contributed by atoms with van der Waals surface area (Å²) in [6.45, 7) is 3.97. The average Bonchev–Trinajstić information content (AvgIpc) is 3.48. The highest BCUT2D eigenvalue weighted by molar-refractivity contribution is 7.15. The Kier molecular flexibility index (Phi) is 5.10. The van der Waals surface area contributed by atoms with Gasteiger partial charge in [-0.3, -0.25) is 0 Å². The predicted octanol–water partition coefficient (Wildman–Crippen LogP) is 4.61. The molecule has 0 unspecified atom stereocenters. The Bertz CT molecular complexity index is 1200. The van der Waals surface area contributed by atoms with Gasteiger partial charge in [0.2, 0.25) is 5.82 Å². The number of hydrogen-bond donors (Lipinski definition) is 1. The largest absolute Gasteiger partial charge is 0.333 e. The first-order chi connectivity index (χ1) is 14.6. The van der Waals surface area contributed by atoms with Gasteiger partial charge in [-0.1, -0.05) is 16.8 Å². The van der Waals surface area contributed by atoms with Gasteiger partial charge in [0.15, 0.2) is 0 Å². The first kappa shape index (κ1) is 19.3. The number of thiazole rings is 1. The van der Waals surface area contributed by atoms with Gasteiger partial charge in [0.1, 0.15) is 16.4 Å². The van der Waals surface area contributed by atoms with Crippen molar-refractivity contribution in [2.24, 2.45) is 0 Å². The third-order valence-electron chi connectivity index (χ3n) is 5.13. The van der Waals surface area contributed by atoms with Crippen LogP contribution in [-0.4, -0.2) is 38.0 Å². The van der Waals surface area contributed by atoms with E-state index in [1.54, 1.807) is 29.7 Å². The Morgan fingerprint density at radius 3 is 2.83 bits per heavy atom. The molecule has 0 saturated carbocycles. The number of aromatic nitrogens is 5. The molecule has 3 aromatic heterocycles. The quantitative estimate of drug-likeness (QED) is 0.495. The summed E-state index contributed by atoms with van der Waals surface area (Å²) in [5.41, 5.74) is 1.69. The second kappa shape index (κ2) is 7.90. The van der Waals surface area contributed by atoms with E-state index in [4.69, 9.17) is 21.1 Å². The van der Waals surface area contributed by atoms with Gasteiger partial charge in [0.05, 0.1) is 21.9 Å². The fourth-order valence-corrected chi connectivity index (χ4v) is 4.85. The van der Waals surface area contributed by atoms with E-state index < -0.39 is 5.82 Å². The van der Waals surface area contributed by atoms with Crippen LogP contribution in [0.5, 0.6) is 0 Å². The van der Waals surface area contributed by atoms with E-state index >= 15 is 0 Å². The number of rotatable bonds is 4. The van der Waals surface area contributed by atoms with Crippen molar-refractivity contribution in [1.29, 1.82) is 0 Å². The van der Waals surface area contributed by atoms with Crippen molar-refractivity contribution in [2.45, 2.75) is 25.7 Å². The highest BCUT2D eigenvalue weighted by Gasteiger charge is 2.23. The molecule has 0 bridgehead atoms. The van der Waals surface area contributed by atoms with Gasteiger partial charge in [-0.2, -0.15) is 10.1 Å². The van der Waals surface area contributed by atoms with Gasteiger partial charge >= 0.3 is 0 Å². The highest BCUT2D eigenvalue weighted by Crippen LogP contribution is 2.36. The first-order valence-electron chi connectivity index (χ1n) is 9.61. The molecule has 1 aromatic carbocycles. The van der Waals surface area contributed by atoms with Gasteiger partial charge in [-0.05, 0) is 51.1 Å². The van der Waals surface area contributed by atoms with Crippen LogP contribution in [0, 0.1) is 12.7 Å². The summed E-state index contributed by atoms with van der Waals surface area (Å²) in [4.78, 5) is 10.1. The number of aryl methyl sites for hydroxylation is 1. The Morgan fingerprint density at radius 2 is 2.10 bits per heavy atom. The Balaban J connectivity index is 1.42. The van der Waals surface area contributed by atoms with Crippen molar-refractivity contribution in [1.82, 2.24) is 30.2 Å². The molecule has 7 nitrogen and oxygen atoms in total. The zero-order valence-electron chi connectivity index (χ0n) is 16.1. The molecule has 5 rings (SSSR count). The van der Waals surface area contributed by atoms with Gasteiger partial charge in [0, 0.05) is 17.7 Å². The molecule has 1 aliphatic heterocycles. The van der Waals surface area contributed by atoms with Crippen LogP contribution in [0.25, 0.3) is 27.8 Å². The lowest BCUT2D eigenvalue weighted by atomic mass is 9.99. The predicted molar refractivity (Wildman–Crippen MR) is 113 cm³/mol. The van der Waals surface area contributed by atoms with Gasteiger partial charge < -0.3 is 9.84 Å². The van der Waals surface area contributed by atoms with E-state index in [-0.39, 0.29) is 0 Å². The summed E-state index contributed by atoms with van der Waals surface area (Å²) in [5, 5.41) is 13.0. The standard InChI is InChI=1S/C20H18ClFN6OS/c1-11-17(30-20(25-11)12-4-6-23-7-5-12)19-26-18(27-29-19)13-2-3-16(15(22)8-13)28-10-14(21)9-24-28/h2-3,8-10,12,23H,4-7H2,1H3. The number of piperidine rings is 1. The van der Waals surface area contributed by atoms with E-state index in [9.17, 15) is 4.39 Å². The summed E-state index contributed by atoms with van der Waals surface area (Å²) in [7, 11) is 0. The molecule has 10 heteroatoms. The minimum Gasteiger partial charge on any atom is -0.333 e. The van der Waals surface area contributed by atoms with E-state index in [0.717, 1.165) is 41.5 Å². The van der Waals surface area contributed by atoms with Crippen LogP contribution in [-0.2, 0) is 0 Å². The topological polar surface area (TPSA) is 81.7 Å². The van der Waals surface area contributed by atoms with E-state index in [0.29, 0.717) is 33.9 Å². The maximum atomic E-state index is 14.6. The van der Waals surface area contributed by atoms with Crippen molar-refractivity contribution in [3.63, 3.8) is 0 Å². The number of halogens is 2. The van der Waals surface area contributed by atoms with Crippen molar-refractivity contribution in [3.8, 4) is 27.8 Å². The molecule has 4 heterocycles. The summed E-state index contributed by atoms with van der Waals surface area (Å²) < 4.78 is 21.5. The second-order valence-corrected chi connectivity index (χ2v) is 8.65. The molecule has 0 radical (unpaired) electrons. The Hall–Kier alpha value is -2.62. The molecular weight excluding hydrogens is 427 g/mol. The Morgan fingerprint density at radius 1 is 1.27 bits per heavy atom. The van der Waals surface area contributed by atoms with Crippen LogP contribution in [0.1, 0.15) is 29.5 Å². The molecule has 1 saturated heterocycles. The molecule has 4 aromatic rings. The molecule has 0 atom stereocenters. The van der Waals surface area contributed by atoms with E-state index in [1.807, 2.05) is 6.92 Å². The molecule has 154 valence electrons. The molecular formula is C20H18ClFN6OS. The summed E-state index contributed by atoms with van der Waals surface area (Å²) in [6, 6.07) is 4.69. The van der Waals surface area contributed by atoms with Gasteiger partial charge in [-0.15, -0.1) is 11.3 Å². The lowest BCUT2D eigenvalue weighted by Crippen LogP contribution is -2.26. The SMILES string of the molecule is Cc1nc(C2CCNCC2)sc1-c1nc(-c2ccc(-n3cc(Cl)cn3)c(F)c2)no1. The zero-order chi connectivity index (χ0) is 20.7. The van der Waals surface area contributed by atoms with Crippen LogP contribution in [0.3, 0.4) is 0 Å². The van der Waals surface area contributed by atoms with Crippen LogP contribution in [0.2, 0.25) is 5.02 Å². The van der Waals surface area contributed by atoms with Gasteiger partial charge in [0.25, 0.3) is 5.89 Å². The third-order valence-corrected chi connectivity index (χ3v) is 6.63. The van der Waals surface area contributed by atoms with Crippen LogP contribution < -0.4 is 5.32 Å². The van der Waals surface area contributed by atoms with E-state index in [1.165, 1.54) is 16.9 Å². The third kappa shape index (κ3) is 3.64. The Labute approximate surface area is 180 Å². The minimum atomic E-state index is -0.458. The normalized spacial score (nSPS) is 15.0. The fraction of sp³-hybridized carbons (Fsp3) is 0.300. The molecule has 0 aliphatic carbocycles. The molecule has 0 amide bonds. The highest BCUT2D eigenvalue weighted by atomic mass is 35.5. The summed E-state index contributed by atoms with van der Waals surface area (Å²) in [5.74, 6) is 0.734. The first-order valence-corrected chi connectivity index (χ1v) is 10.8. The van der Waals surface area contributed by atoms with Gasteiger partial charge in [-0.25, -0.2) is 14.1 Å². The lowest BCUT2D eigenvalue weighted by molar-refractivity contribution is 0.433. The van der Waals surface area contributed by atoms with E-state index in [2.05, 4.69) is 20.6 Å². The maximum Gasteiger partial charge on any atom is 0.270 e. The van der Waals surface area contributed by atoms with Crippen molar-refractivity contribution in [3.05, 3.63) is 52.1 Å². The minimum absolute atomic E-state index is 0.291. The second-order valence-electron chi connectivity index (χ2n) is 7.18. The van der Waals surface area contributed by atoms with Crippen LogP contribution >= 0.6 is 22.9 Å². The monoisotopic (exact) mass is 444 g/mol. The number of nitrogens with zero attached hydrogens (tertiary/aromatic N) is 5. The van der Waals surface area contributed by atoms with Crippen molar-refractivity contribution in [2.75, 3.05) is 13.1 Å². The number of nitrogens with one attached hydrogen (secondary N) is 1. The number of benzene rings is 1. The average molecular weight is 445 g/mol. The van der Waals surface area contributed by atoms with Crippen molar-refractivity contribution >= 4 is 22.9 Å². The molecule has 1 fully saturated rings. The maximum absolute atomic E-state index is 14.6. The molecule has 0 spiro atoms. The van der Waals surface area contributed by atoms with Crippen molar-refractivity contribution < 1.29 is 8.91 Å². The summed E-state index contributed by atoms with van der Waals surface area (Å²) >= 11 is 7.47. The van der Waals surface area contributed by atoms with Crippen LogP contribution in [0.4, 0.5) is 4.39 Å². The number of hydrogen-bond acceptors (Lipinski definition) is 7. The van der Waals surface area contributed by atoms with Crippen LogP contribution in [0.15, 0.2) is 35.1 Å².